The summed E-state index contributed by atoms with van der Waals surface area (Å²) in [5.41, 5.74) is 3.96. The Morgan fingerprint density at radius 2 is 1.94 bits per heavy atom. The normalized spacial score (nSPS) is 16.4. The van der Waals surface area contributed by atoms with Crippen LogP contribution in [0.25, 0.3) is 22.3 Å². The molecule has 1 aliphatic carbocycles. The summed E-state index contributed by atoms with van der Waals surface area (Å²) >= 11 is 0. The first-order chi connectivity index (χ1) is 16.9. The monoisotopic (exact) mass is 477 g/mol. The minimum Gasteiger partial charge on any atom is -0.497 e. The Bertz CT molecular complexity index is 1260. The van der Waals surface area contributed by atoms with Crippen molar-refractivity contribution in [2.75, 3.05) is 26.8 Å². The molecule has 3 aromatic rings. The molecular weight excluding hydrogens is 446 g/mol. The molecule has 0 bridgehead atoms. The van der Waals surface area contributed by atoms with Gasteiger partial charge >= 0.3 is 0 Å². The van der Waals surface area contributed by atoms with Crippen LogP contribution in [0.4, 0.5) is 0 Å². The summed E-state index contributed by atoms with van der Waals surface area (Å²) in [6.45, 7) is 5.43. The molecule has 1 aliphatic heterocycles. The van der Waals surface area contributed by atoms with E-state index in [-0.39, 0.29) is 17.9 Å². The number of rotatable bonds is 7. The fraction of sp³-hybridized carbons (Fsp3) is 0.462. The zero-order valence-electron chi connectivity index (χ0n) is 20.4. The molecule has 2 amide bonds. The molecule has 35 heavy (non-hydrogen) atoms. The highest BCUT2D eigenvalue weighted by Crippen LogP contribution is 2.38. The molecule has 2 aliphatic rings. The molecule has 9 nitrogen and oxygen atoms in total. The number of benzene rings is 1. The second-order valence-electron chi connectivity index (χ2n) is 9.44. The Hall–Kier alpha value is -3.62. The minimum absolute atomic E-state index is 0.0181. The number of piperidine rings is 1. The van der Waals surface area contributed by atoms with Gasteiger partial charge in [0.2, 0.25) is 5.91 Å². The SMILES string of the molecule is COc1ccc(OCC2CC2)c(-c2ncnc3c(C(=O)NC4CCN(C(C)=O)CC4)c(C)[nH]c23)c1. The van der Waals surface area contributed by atoms with Gasteiger partial charge in [0.05, 0.1) is 24.8 Å². The standard InChI is InChI=1S/C26H31N5O4/c1-15-22(26(33)30-18-8-10-31(11-9-18)16(2)32)24-25(29-15)23(27-14-28-24)20-12-19(34-3)6-7-21(20)35-13-17-4-5-17/h6-7,12,14,17-18,29H,4-5,8-11,13H2,1-3H3,(H,30,33). The maximum Gasteiger partial charge on any atom is 0.255 e. The topological polar surface area (TPSA) is 109 Å². The summed E-state index contributed by atoms with van der Waals surface area (Å²) in [5, 5.41) is 3.14. The fourth-order valence-corrected chi connectivity index (χ4v) is 4.64. The smallest absolute Gasteiger partial charge is 0.255 e. The highest BCUT2D eigenvalue weighted by atomic mass is 16.5. The van der Waals surface area contributed by atoms with E-state index in [9.17, 15) is 9.59 Å². The number of amides is 2. The van der Waals surface area contributed by atoms with Gasteiger partial charge in [0.25, 0.3) is 5.91 Å². The molecule has 2 fully saturated rings. The van der Waals surface area contributed by atoms with E-state index in [0.29, 0.717) is 53.7 Å². The van der Waals surface area contributed by atoms with E-state index in [2.05, 4.69) is 20.3 Å². The van der Waals surface area contributed by atoms with Crippen LogP contribution in [0.3, 0.4) is 0 Å². The largest absolute Gasteiger partial charge is 0.497 e. The quantitative estimate of drug-likeness (QED) is 0.539. The number of nitrogens with one attached hydrogen (secondary N) is 2. The van der Waals surface area contributed by atoms with E-state index in [0.717, 1.165) is 29.8 Å². The van der Waals surface area contributed by atoms with E-state index in [1.54, 1.807) is 14.0 Å². The zero-order chi connectivity index (χ0) is 24.5. The Labute approximate surface area is 204 Å². The number of aromatic amines is 1. The molecule has 1 aromatic carbocycles. The number of hydrogen-bond donors (Lipinski definition) is 2. The summed E-state index contributed by atoms with van der Waals surface area (Å²) in [7, 11) is 1.63. The van der Waals surface area contributed by atoms with Crippen LogP contribution in [0, 0.1) is 12.8 Å². The molecule has 0 unspecified atom stereocenters. The lowest BCUT2D eigenvalue weighted by Gasteiger charge is -2.31. The third-order valence-electron chi connectivity index (χ3n) is 6.89. The van der Waals surface area contributed by atoms with Gasteiger partial charge in [-0.1, -0.05) is 0 Å². The molecule has 9 heteroatoms. The van der Waals surface area contributed by atoms with Gasteiger partial charge in [-0.2, -0.15) is 0 Å². The van der Waals surface area contributed by atoms with Crippen LogP contribution < -0.4 is 14.8 Å². The number of aryl methyl sites for hydroxylation is 1. The van der Waals surface area contributed by atoms with Crippen molar-refractivity contribution >= 4 is 22.8 Å². The zero-order valence-corrected chi connectivity index (χ0v) is 20.4. The van der Waals surface area contributed by atoms with Gasteiger partial charge in [-0.25, -0.2) is 9.97 Å². The summed E-state index contributed by atoms with van der Waals surface area (Å²) in [5.74, 6) is 1.94. The fourth-order valence-electron chi connectivity index (χ4n) is 4.64. The molecule has 2 N–H and O–H groups in total. The lowest BCUT2D eigenvalue weighted by atomic mass is 10.0. The minimum atomic E-state index is -0.171. The molecule has 2 aromatic heterocycles. The molecule has 0 radical (unpaired) electrons. The Balaban J connectivity index is 1.45. The molecule has 184 valence electrons. The average Bonchev–Trinajstić information content (AvgIpc) is 3.62. The van der Waals surface area contributed by atoms with Crippen molar-refractivity contribution in [3.63, 3.8) is 0 Å². The third-order valence-corrected chi connectivity index (χ3v) is 6.89. The summed E-state index contributed by atoms with van der Waals surface area (Å²) < 4.78 is 11.6. The number of nitrogens with zero attached hydrogens (tertiary/aromatic N) is 3. The van der Waals surface area contributed by atoms with Crippen molar-refractivity contribution in [3.05, 3.63) is 35.8 Å². The number of ether oxygens (including phenoxy) is 2. The van der Waals surface area contributed by atoms with Crippen LogP contribution in [-0.4, -0.2) is 64.5 Å². The van der Waals surface area contributed by atoms with Crippen LogP contribution in [-0.2, 0) is 4.79 Å². The van der Waals surface area contributed by atoms with E-state index in [1.807, 2.05) is 30.0 Å². The molecule has 0 spiro atoms. The Kier molecular flexibility index (Phi) is 6.32. The third kappa shape index (κ3) is 4.80. The van der Waals surface area contributed by atoms with E-state index in [1.165, 1.54) is 19.2 Å². The first kappa shape index (κ1) is 23.1. The number of likely N-dealkylation sites (tertiary alicyclic amines) is 1. The number of H-pyrrole nitrogens is 1. The van der Waals surface area contributed by atoms with Crippen molar-refractivity contribution in [1.82, 2.24) is 25.2 Å². The maximum absolute atomic E-state index is 13.3. The lowest BCUT2D eigenvalue weighted by molar-refractivity contribution is -0.129. The van der Waals surface area contributed by atoms with Gasteiger partial charge in [0.15, 0.2) is 0 Å². The Morgan fingerprint density at radius 1 is 1.17 bits per heavy atom. The van der Waals surface area contributed by atoms with Gasteiger partial charge in [0, 0.05) is 37.3 Å². The van der Waals surface area contributed by atoms with Gasteiger partial charge in [0.1, 0.15) is 29.0 Å². The number of hydrogen-bond acceptors (Lipinski definition) is 6. The molecule has 3 heterocycles. The molecule has 0 atom stereocenters. The van der Waals surface area contributed by atoms with Crippen LogP contribution in [0.5, 0.6) is 11.5 Å². The summed E-state index contributed by atoms with van der Waals surface area (Å²) in [6, 6.07) is 5.70. The van der Waals surface area contributed by atoms with Gasteiger partial charge in [-0.05, 0) is 56.7 Å². The van der Waals surface area contributed by atoms with Crippen LogP contribution in [0.2, 0.25) is 0 Å². The number of carbonyl (C=O) groups excluding carboxylic acids is 2. The second kappa shape index (κ2) is 9.56. The van der Waals surface area contributed by atoms with Crippen molar-refractivity contribution in [2.45, 2.75) is 45.6 Å². The van der Waals surface area contributed by atoms with Gasteiger partial charge < -0.3 is 24.7 Å². The van der Waals surface area contributed by atoms with E-state index in [4.69, 9.17) is 9.47 Å². The van der Waals surface area contributed by atoms with Gasteiger partial charge in [-0.15, -0.1) is 0 Å². The summed E-state index contributed by atoms with van der Waals surface area (Å²) in [6.07, 6.45) is 5.35. The van der Waals surface area contributed by atoms with Crippen LogP contribution in [0.15, 0.2) is 24.5 Å². The van der Waals surface area contributed by atoms with Crippen molar-refractivity contribution in [2.24, 2.45) is 5.92 Å². The number of fused-ring (bicyclic) bond motifs is 1. The van der Waals surface area contributed by atoms with Gasteiger partial charge in [-0.3, -0.25) is 9.59 Å². The Morgan fingerprint density at radius 3 is 2.63 bits per heavy atom. The second-order valence-corrected chi connectivity index (χ2v) is 9.44. The van der Waals surface area contributed by atoms with E-state index < -0.39 is 0 Å². The predicted molar refractivity (Wildman–Crippen MR) is 132 cm³/mol. The number of aromatic nitrogens is 3. The predicted octanol–water partition coefficient (Wildman–Crippen LogP) is 3.47. The maximum atomic E-state index is 13.3. The van der Waals surface area contributed by atoms with Crippen molar-refractivity contribution in [3.8, 4) is 22.8 Å². The molecule has 1 saturated carbocycles. The highest BCUT2D eigenvalue weighted by molar-refractivity contribution is 6.09. The van der Waals surface area contributed by atoms with E-state index >= 15 is 0 Å². The number of methoxy groups -OCH3 is 1. The molecular formula is C26H31N5O4. The summed E-state index contributed by atoms with van der Waals surface area (Å²) in [4.78, 5) is 39.1. The lowest BCUT2D eigenvalue weighted by Crippen LogP contribution is -2.46. The highest BCUT2D eigenvalue weighted by Gasteiger charge is 2.27. The average molecular weight is 478 g/mol. The van der Waals surface area contributed by atoms with Crippen LogP contribution in [0.1, 0.15) is 48.7 Å². The van der Waals surface area contributed by atoms with Crippen LogP contribution >= 0.6 is 0 Å². The molecule has 1 saturated heterocycles. The van der Waals surface area contributed by atoms with Crippen molar-refractivity contribution < 1.29 is 19.1 Å². The van der Waals surface area contributed by atoms with Crippen molar-refractivity contribution in [1.29, 1.82) is 0 Å². The first-order valence-corrected chi connectivity index (χ1v) is 12.2. The first-order valence-electron chi connectivity index (χ1n) is 12.2. The molecule has 5 rings (SSSR count). The number of carbonyl (C=O) groups is 2.